The molecule has 1 aromatic rings. The standard InChI is InChI=1S/C17H24BNO4/c1-16(2)17(3,4)23-18(22-16)14-5-6-15(13(11-14)12-20)19-7-9-21-10-8-19/h5-6,11-12H,7-10H2,1-4H3. The quantitative estimate of drug-likeness (QED) is 0.626. The van der Waals surface area contributed by atoms with Crippen molar-refractivity contribution in [3.8, 4) is 0 Å². The molecular formula is C17H24BNO4. The van der Waals surface area contributed by atoms with Crippen LogP contribution in [0.3, 0.4) is 0 Å². The predicted molar refractivity (Wildman–Crippen MR) is 90.6 cm³/mol. The summed E-state index contributed by atoms with van der Waals surface area (Å²) in [6, 6.07) is 5.84. The number of benzene rings is 1. The van der Waals surface area contributed by atoms with Crippen LogP contribution < -0.4 is 10.4 Å². The molecule has 2 heterocycles. The Bertz CT molecular complexity index is 580. The number of hydrogen-bond donors (Lipinski definition) is 0. The Kier molecular flexibility index (Phi) is 4.25. The molecule has 0 saturated carbocycles. The monoisotopic (exact) mass is 317 g/mol. The highest BCUT2D eigenvalue weighted by atomic mass is 16.7. The number of hydrogen-bond acceptors (Lipinski definition) is 5. The van der Waals surface area contributed by atoms with Gasteiger partial charge in [-0.1, -0.05) is 6.07 Å². The van der Waals surface area contributed by atoms with Gasteiger partial charge in [-0.05, 0) is 45.3 Å². The SMILES string of the molecule is CC1(C)OB(c2ccc(N3CCOCC3)c(C=O)c2)OC1(C)C. The molecule has 0 spiro atoms. The van der Waals surface area contributed by atoms with Crippen LogP contribution >= 0.6 is 0 Å². The zero-order valence-corrected chi connectivity index (χ0v) is 14.3. The highest BCUT2D eigenvalue weighted by Crippen LogP contribution is 2.36. The van der Waals surface area contributed by atoms with E-state index in [1.165, 1.54) is 0 Å². The van der Waals surface area contributed by atoms with Crippen LogP contribution in [-0.4, -0.2) is 50.9 Å². The Morgan fingerprint density at radius 2 is 1.70 bits per heavy atom. The third-order valence-electron chi connectivity index (χ3n) is 5.06. The van der Waals surface area contributed by atoms with E-state index in [0.29, 0.717) is 18.8 Å². The second-order valence-electron chi connectivity index (χ2n) is 7.12. The van der Waals surface area contributed by atoms with Crippen molar-refractivity contribution in [2.45, 2.75) is 38.9 Å². The Morgan fingerprint density at radius 1 is 1.09 bits per heavy atom. The minimum atomic E-state index is -0.447. The zero-order valence-electron chi connectivity index (χ0n) is 14.3. The molecule has 0 atom stereocenters. The normalized spacial score (nSPS) is 23.1. The first-order chi connectivity index (χ1) is 10.8. The average Bonchev–Trinajstić information content (AvgIpc) is 2.75. The number of ether oxygens (including phenoxy) is 1. The molecule has 0 aromatic heterocycles. The van der Waals surface area contributed by atoms with Crippen molar-refractivity contribution in [3.05, 3.63) is 23.8 Å². The molecule has 6 heteroatoms. The first-order valence-corrected chi connectivity index (χ1v) is 8.11. The first-order valence-electron chi connectivity index (χ1n) is 8.11. The van der Waals surface area contributed by atoms with Gasteiger partial charge in [0.05, 0.1) is 24.4 Å². The number of carbonyl (C=O) groups excluding carboxylic acids is 1. The van der Waals surface area contributed by atoms with E-state index in [-0.39, 0.29) is 11.2 Å². The summed E-state index contributed by atoms with van der Waals surface area (Å²) < 4.78 is 17.5. The summed E-state index contributed by atoms with van der Waals surface area (Å²) in [5, 5.41) is 0. The smallest absolute Gasteiger partial charge is 0.399 e. The Morgan fingerprint density at radius 3 is 2.26 bits per heavy atom. The summed E-state index contributed by atoms with van der Waals surface area (Å²) in [6.45, 7) is 11.1. The zero-order chi connectivity index (χ0) is 16.7. The maximum atomic E-state index is 11.6. The molecule has 5 nitrogen and oxygen atoms in total. The van der Waals surface area contributed by atoms with Gasteiger partial charge in [0, 0.05) is 24.3 Å². The minimum absolute atomic E-state index is 0.387. The van der Waals surface area contributed by atoms with Gasteiger partial charge < -0.3 is 18.9 Å². The van der Waals surface area contributed by atoms with E-state index < -0.39 is 7.12 Å². The molecule has 0 bridgehead atoms. The Balaban J connectivity index is 1.86. The number of aldehydes is 1. The molecule has 0 N–H and O–H groups in total. The predicted octanol–water partition coefficient (Wildman–Crippen LogP) is 1.63. The van der Waals surface area contributed by atoms with Crippen molar-refractivity contribution in [2.75, 3.05) is 31.2 Å². The van der Waals surface area contributed by atoms with Gasteiger partial charge in [-0.15, -0.1) is 0 Å². The fourth-order valence-corrected chi connectivity index (χ4v) is 2.89. The van der Waals surface area contributed by atoms with Crippen molar-refractivity contribution in [1.29, 1.82) is 0 Å². The molecule has 1 aromatic carbocycles. The minimum Gasteiger partial charge on any atom is -0.399 e. The number of anilines is 1. The van der Waals surface area contributed by atoms with Crippen molar-refractivity contribution >= 4 is 24.6 Å². The number of morpholine rings is 1. The average molecular weight is 317 g/mol. The second-order valence-corrected chi connectivity index (χ2v) is 7.12. The lowest BCUT2D eigenvalue weighted by Crippen LogP contribution is -2.41. The maximum absolute atomic E-state index is 11.6. The van der Waals surface area contributed by atoms with Gasteiger partial charge in [0.2, 0.25) is 0 Å². The number of rotatable bonds is 3. The highest BCUT2D eigenvalue weighted by Gasteiger charge is 2.51. The van der Waals surface area contributed by atoms with E-state index in [4.69, 9.17) is 14.0 Å². The molecule has 2 fully saturated rings. The van der Waals surface area contributed by atoms with Crippen molar-refractivity contribution in [2.24, 2.45) is 0 Å². The molecule has 2 saturated heterocycles. The van der Waals surface area contributed by atoms with E-state index >= 15 is 0 Å². The van der Waals surface area contributed by atoms with Crippen LogP contribution in [0.1, 0.15) is 38.1 Å². The molecule has 23 heavy (non-hydrogen) atoms. The van der Waals surface area contributed by atoms with Gasteiger partial charge in [-0.2, -0.15) is 0 Å². The van der Waals surface area contributed by atoms with Crippen LogP contribution in [0.25, 0.3) is 0 Å². The highest BCUT2D eigenvalue weighted by molar-refractivity contribution is 6.62. The lowest BCUT2D eigenvalue weighted by atomic mass is 9.78. The van der Waals surface area contributed by atoms with Crippen LogP contribution in [0.5, 0.6) is 0 Å². The lowest BCUT2D eigenvalue weighted by molar-refractivity contribution is 0.00578. The molecule has 2 aliphatic rings. The van der Waals surface area contributed by atoms with Crippen LogP contribution in [-0.2, 0) is 14.0 Å². The Labute approximate surface area is 138 Å². The fraction of sp³-hybridized carbons (Fsp3) is 0.588. The van der Waals surface area contributed by atoms with Gasteiger partial charge in [0.1, 0.15) is 0 Å². The molecular weight excluding hydrogens is 293 g/mol. The molecule has 3 rings (SSSR count). The van der Waals surface area contributed by atoms with Gasteiger partial charge >= 0.3 is 7.12 Å². The van der Waals surface area contributed by atoms with Gasteiger partial charge in [0.25, 0.3) is 0 Å². The molecule has 124 valence electrons. The molecule has 0 amide bonds. The van der Waals surface area contributed by atoms with Gasteiger partial charge in [-0.3, -0.25) is 4.79 Å². The van der Waals surface area contributed by atoms with Crippen LogP contribution in [0.2, 0.25) is 0 Å². The van der Waals surface area contributed by atoms with E-state index in [1.807, 2.05) is 45.9 Å². The second kappa shape index (κ2) is 5.93. The summed E-state index contributed by atoms with van der Waals surface area (Å²) >= 11 is 0. The van der Waals surface area contributed by atoms with Gasteiger partial charge in [0.15, 0.2) is 6.29 Å². The Hall–Kier alpha value is -1.37. The van der Waals surface area contributed by atoms with Crippen molar-refractivity contribution in [3.63, 3.8) is 0 Å². The fourth-order valence-electron chi connectivity index (χ4n) is 2.89. The van der Waals surface area contributed by atoms with Crippen LogP contribution in [0.15, 0.2) is 18.2 Å². The molecule has 2 aliphatic heterocycles. The third-order valence-corrected chi connectivity index (χ3v) is 5.06. The number of nitrogens with zero attached hydrogens (tertiary/aromatic N) is 1. The van der Waals surface area contributed by atoms with E-state index in [1.54, 1.807) is 0 Å². The van der Waals surface area contributed by atoms with Crippen molar-refractivity contribution < 1.29 is 18.8 Å². The van der Waals surface area contributed by atoms with E-state index in [9.17, 15) is 4.79 Å². The third kappa shape index (κ3) is 3.03. The van der Waals surface area contributed by atoms with Gasteiger partial charge in [-0.25, -0.2) is 0 Å². The summed E-state index contributed by atoms with van der Waals surface area (Å²) in [7, 11) is -0.447. The summed E-state index contributed by atoms with van der Waals surface area (Å²) in [6.07, 6.45) is 0.902. The topological polar surface area (TPSA) is 48.0 Å². The molecule has 0 unspecified atom stereocenters. The van der Waals surface area contributed by atoms with Crippen LogP contribution in [0.4, 0.5) is 5.69 Å². The maximum Gasteiger partial charge on any atom is 0.494 e. The largest absolute Gasteiger partial charge is 0.494 e. The van der Waals surface area contributed by atoms with Crippen molar-refractivity contribution in [1.82, 2.24) is 0 Å². The summed E-state index contributed by atoms with van der Waals surface area (Å²) in [4.78, 5) is 13.7. The summed E-state index contributed by atoms with van der Waals surface area (Å²) in [5.41, 5.74) is 1.72. The molecule has 0 radical (unpaired) electrons. The van der Waals surface area contributed by atoms with Crippen LogP contribution in [0, 0.1) is 0 Å². The number of carbonyl (C=O) groups is 1. The lowest BCUT2D eigenvalue weighted by Gasteiger charge is -2.32. The first kappa shape index (κ1) is 16.5. The van der Waals surface area contributed by atoms with E-state index in [0.717, 1.165) is 30.5 Å². The van der Waals surface area contributed by atoms with E-state index in [2.05, 4.69) is 4.90 Å². The summed E-state index contributed by atoms with van der Waals surface area (Å²) in [5.74, 6) is 0. The molecule has 0 aliphatic carbocycles.